The van der Waals surface area contributed by atoms with Gasteiger partial charge < -0.3 is 10.2 Å². The standard InChI is InChI=1S/C28H31FN2O2/c1-20(2)30-28(33)26(17-22-9-5-4-6-10-22)31(19-23-15-13-21(3)14-16-23)27(32)18-24-11-7-8-12-25(24)29/h4-16,20,26H,17-19H2,1-3H3,(H,30,33)/t26-/m0/s1. The number of hydrogen-bond donors (Lipinski definition) is 1. The molecule has 0 aliphatic carbocycles. The van der Waals surface area contributed by atoms with Crippen LogP contribution >= 0.6 is 0 Å². The first kappa shape index (κ1) is 24.2. The second kappa shape index (κ2) is 11.4. The Morgan fingerprint density at radius 1 is 0.879 bits per heavy atom. The Hall–Kier alpha value is -3.47. The predicted molar refractivity (Wildman–Crippen MR) is 129 cm³/mol. The van der Waals surface area contributed by atoms with E-state index in [1.54, 1.807) is 23.1 Å². The van der Waals surface area contributed by atoms with E-state index in [1.807, 2.05) is 75.4 Å². The Kier molecular flexibility index (Phi) is 8.36. The molecule has 2 amide bonds. The summed E-state index contributed by atoms with van der Waals surface area (Å²) >= 11 is 0. The van der Waals surface area contributed by atoms with Crippen molar-refractivity contribution >= 4 is 11.8 Å². The van der Waals surface area contributed by atoms with E-state index in [0.29, 0.717) is 12.0 Å². The van der Waals surface area contributed by atoms with E-state index in [9.17, 15) is 14.0 Å². The van der Waals surface area contributed by atoms with E-state index >= 15 is 0 Å². The molecule has 0 aliphatic rings. The van der Waals surface area contributed by atoms with E-state index in [1.165, 1.54) is 6.07 Å². The lowest BCUT2D eigenvalue weighted by atomic mass is 10.0. The van der Waals surface area contributed by atoms with Gasteiger partial charge in [-0.25, -0.2) is 4.39 Å². The fourth-order valence-corrected chi connectivity index (χ4v) is 3.73. The number of carbonyl (C=O) groups excluding carboxylic acids is 2. The first-order valence-electron chi connectivity index (χ1n) is 11.3. The summed E-state index contributed by atoms with van der Waals surface area (Å²) in [5.41, 5.74) is 3.30. The van der Waals surface area contributed by atoms with Gasteiger partial charge >= 0.3 is 0 Å². The second-order valence-corrected chi connectivity index (χ2v) is 8.64. The van der Waals surface area contributed by atoms with Crippen LogP contribution in [-0.4, -0.2) is 28.8 Å². The molecular weight excluding hydrogens is 415 g/mol. The third-order valence-electron chi connectivity index (χ3n) is 5.48. The molecule has 0 spiro atoms. The molecule has 0 unspecified atom stereocenters. The highest BCUT2D eigenvalue weighted by atomic mass is 19.1. The maximum Gasteiger partial charge on any atom is 0.243 e. The fourth-order valence-electron chi connectivity index (χ4n) is 3.73. The smallest absolute Gasteiger partial charge is 0.243 e. The fraction of sp³-hybridized carbons (Fsp3) is 0.286. The van der Waals surface area contributed by atoms with Gasteiger partial charge in [0.15, 0.2) is 0 Å². The summed E-state index contributed by atoms with van der Waals surface area (Å²) in [6.07, 6.45) is 0.257. The monoisotopic (exact) mass is 446 g/mol. The highest BCUT2D eigenvalue weighted by Gasteiger charge is 2.31. The van der Waals surface area contributed by atoms with Gasteiger partial charge in [-0.3, -0.25) is 9.59 Å². The van der Waals surface area contributed by atoms with Gasteiger partial charge in [-0.2, -0.15) is 0 Å². The van der Waals surface area contributed by atoms with Gasteiger partial charge in [-0.05, 0) is 43.5 Å². The van der Waals surface area contributed by atoms with Crippen LogP contribution in [-0.2, 0) is 29.0 Å². The average Bonchev–Trinajstić information content (AvgIpc) is 2.79. The lowest BCUT2D eigenvalue weighted by Crippen LogP contribution is -2.52. The third kappa shape index (κ3) is 7.01. The lowest BCUT2D eigenvalue weighted by molar-refractivity contribution is -0.141. The first-order valence-corrected chi connectivity index (χ1v) is 11.3. The molecule has 0 aliphatic heterocycles. The molecule has 4 nitrogen and oxygen atoms in total. The molecule has 1 atom stereocenters. The van der Waals surface area contributed by atoms with Crippen molar-refractivity contribution in [1.82, 2.24) is 10.2 Å². The van der Waals surface area contributed by atoms with Crippen LogP contribution in [0.5, 0.6) is 0 Å². The molecule has 0 radical (unpaired) electrons. The number of nitrogens with zero attached hydrogens (tertiary/aromatic N) is 1. The van der Waals surface area contributed by atoms with Crippen LogP contribution in [0.1, 0.15) is 36.1 Å². The van der Waals surface area contributed by atoms with Gasteiger partial charge in [0, 0.05) is 19.0 Å². The molecule has 0 saturated carbocycles. The maximum absolute atomic E-state index is 14.3. The Bertz CT molecular complexity index is 1060. The lowest BCUT2D eigenvalue weighted by Gasteiger charge is -2.32. The van der Waals surface area contributed by atoms with Gasteiger partial charge in [-0.1, -0.05) is 78.4 Å². The number of halogens is 1. The highest BCUT2D eigenvalue weighted by molar-refractivity contribution is 5.89. The van der Waals surface area contributed by atoms with Crippen molar-refractivity contribution in [2.75, 3.05) is 0 Å². The van der Waals surface area contributed by atoms with Gasteiger partial charge in [0.05, 0.1) is 6.42 Å². The van der Waals surface area contributed by atoms with E-state index in [2.05, 4.69) is 5.32 Å². The number of rotatable bonds is 9. The Balaban J connectivity index is 1.97. The van der Waals surface area contributed by atoms with Crippen molar-refractivity contribution < 1.29 is 14.0 Å². The molecule has 5 heteroatoms. The van der Waals surface area contributed by atoms with Gasteiger partial charge in [0.25, 0.3) is 0 Å². The van der Waals surface area contributed by atoms with Crippen LogP contribution in [0.4, 0.5) is 4.39 Å². The first-order chi connectivity index (χ1) is 15.8. The summed E-state index contributed by atoms with van der Waals surface area (Å²) in [6, 6.07) is 23.0. The molecule has 172 valence electrons. The quantitative estimate of drug-likeness (QED) is 0.511. The average molecular weight is 447 g/mol. The summed E-state index contributed by atoms with van der Waals surface area (Å²) in [5.74, 6) is -0.935. The number of benzene rings is 3. The van der Waals surface area contributed by atoms with Gasteiger partial charge in [-0.15, -0.1) is 0 Å². The topological polar surface area (TPSA) is 49.4 Å². The predicted octanol–water partition coefficient (Wildman–Crippen LogP) is 4.84. The molecule has 0 saturated heterocycles. The van der Waals surface area contributed by atoms with E-state index < -0.39 is 11.9 Å². The zero-order valence-corrected chi connectivity index (χ0v) is 19.4. The number of nitrogens with one attached hydrogen (secondary N) is 1. The minimum absolute atomic E-state index is 0.0707. The molecule has 0 heterocycles. The summed E-state index contributed by atoms with van der Waals surface area (Å²) in [6.45, 7) is 6.04. The molecule has 33 heavy (non-hydrogen) atoms. The van der Waals surface area contributed by atoms with Crippen molar-refractivity contribution in [3.8, 4) is 0 Å². The molecule has 3 aromatic rings. The van der Waals surface area contributed by atoms with Crippen molar-refractivity contribution in [3.63, 3.8) is 0 Å². The molecule has 1 N–H and O–H groups in total. The van der Waals surface area contributed by atoms with Crippen LogP contribution in [0, 0.1) is 12.7 Å². The largest absolute Gasteiger partial charge is 0.352 e. The second-order valence-electron chi connectivity index (χ2n) is 8.64. The van der Waals surface area contributed by atoms with Crippen molar-refractivity contribution in [2.45, 2.75) is 52.2 Å². The molecule has 0 bridgehead atoms. The molecule has 0 aromatic heterocycles. The number of aryl methyl sites for hydroxylation is 1. The number of carbonyl (C=O) groups is 2. The molecule has 3 aromatic carbocycles. The van der Waals surface area contributed by atoms with E-state index in [4.69, 9.17) is 0 Å². The number of amides is 2. The zero-order valence-electron chi connectivity index (χ0n) is 19.4. The van der Waals surface area contributed by atoms with Gasteiger partial charge in [0.2, 0.25) is 11.8 Å². The SMILES string of the molecule is Cc1ccc(CN(C(=O)Cc2ccccc2F)[C@@H](Cc2ccccc2)C(=O)NC(C)C)cc1. The minimum Gasteiger partial charge on any atom is -0.352 e. The summed E-state index contributed by atoms with van der Waals surface area (Å²) in [4.78, 5) is 28.4. The minimum atomic E-state index is -0.727. The maximum atomic E-state index is 14.3. The Morgan fingerprint density at radius 2 is 1.52 bits per heavy atom. The van der Waals surface area contributed by atoms with Crippen LogP contribution in [0.15, 0.2) is 78.9 Å². The molecular formula is C28H31FN2O2. The third-order valence-corrected chi connectivity index (χ3v) is 5.48. The van der Waals surface area contributed by atoms with E-state index in [0.717, 1.165) is 16.7 Å². The zero-order chi connectivity index (χ0) is 23.8. The van der Waals surface area contributed by atoms with Crippen molar-refractivity contribution in [3.05, 3.63) is 107 Å². The Labute approximate surface area is 195 Å². The summed E-state index contributed by atoms with van der Waals surface area (Å²) < 4.78 is 14.3. The highest BCUT2D eigenvalue weighted by Crippen LogP contribution is 2.18. The van der Waals surface area contributed by atoms with Crippen LogP contribution in [0.25, 0.3) is 0 Å². The van der Waals surface area contributed by atoms with Crippen molar-refractivity contribution in [2.24, 2.45) is 0 Å². The summed E-state index contributed by atoms with van der Waals surface area (Å²) in [5, 5.41) is 2.96. The van der Waals surface area contributed by atoms with Crippen LogP contribution < -0.4 is 5.32 Å². The van der Waals surface area contributed by atoms with Crippen molar-refractivity contribution in [1.29, 1.82) is 0 Å². The number of hydrogen-bond acceptors (Lipinski definition) is 2. The van der Waals surface area contributed by atoms with Crippen LogP contribution in [0.2, 0.25) is 0 Å². The van der Waals surface area contributed by atoms with E-state index in [-0.39, 0.29) is 30.8 Å². The van der Waals surface area contributed by atoms with Crippen LogP contribution in [0.3, 0.4) is 0 Å². The molecule has 0 fully saturated rings. The van der Waals surface area contributed by atoms with Gasteiger partial charge in [0.1, 0.15) is 11.9 Å². The normalized spacial score (nSPS) is 11.8. The Morgan fingerprint density at radius 3 is 2.15 bits per heavy atom. The summed E-state index contributed by atoms with van der Waals surface area (Å²) in [7, 11) is 0. The molecule has 3 rings (SSSR count).